The Balaban J connectivity index is 1.71. The van der Waals surface area contributed by atoms with Crippen LogP contribution in [0.1, 0.15) is 24.5 Å². The van der Waals surface area contributed by atoms with Crippen molar-refractivity contribution in [1.82, 2.24) is 19.7 Å². The highest BCUT2D eigenvalue weighted by Crippen LogP contribution is 2.24. The van der Waals surface area contributed by atoms with Gasteiger partial charge in [-0.05, 0) is 49.6 Å². The van der Waals surface area contributed by atoms with Gasteiger partial charge in [-0.1, -0.05) is 36.9 Å². The van der Waals surface area contributed by atoms with Crippen LogP contribution in [-0.2, 0) is 11.3 Å². The SMILES string of the molecule is CCCn1c(SCC(=O)Nc2cccc(C)c2C)nnc1-c1ccccn1. The summed E-state index contributed by atoms with van der Waals surface area (Å²) in [6, 6.07) is 11.6. The van der Waals surface area contributed by atoms with Crippen molar-refractivity contribution < 1.29 is 4.79 Å². The average molecular weight is 382 g/mol. The summed E-state index contributed by atoms with van der Waals surface area (Å²) in [5, 5.41) is 12.3. The topological polar surface area (TPSA) is 72.7 Å². The second-order valence-corrected chi connectivity index (χ2v) is 7.20. The van der Waals surface area contributed by atoms with E-state index in [9.17, 15) is 4.79 Å². The number of aromatic nitrogens is 4. The summed E-state index contributed by atoms with van der Waals surface area (Å²) in [5.41, 5.74) is 3.88. The number of hydrogen-bond donors (Lipinski definition) is 1. The maximum Gasteiger partial charge on any atom is 0.234 e. The van der Waals surface area contributed by atoms with E-state index in [1.165, 1.54) is 11.8 Å². The van der Waals surface area contributed by atoms with Crippen LogP contribution in [0.5, 0.6) is 0 Å². The smallest absolute Gasteiger partial charge is 0.234 e. The predicted octanol–water partition coefficient (Wildman–Crippen LogP) is 4.10. The predicted molar refractivity (Wildman–Crippen MR) is 109 cm³/mol. The molecule has 27 heavy (non-hydrogen) atoms. The molecule has 0 unspecified atom stereocenters. The molecule has 0 aliphatic rings. The van der Waals surface area contributed by atoms with Crippen LogP contribution >= 0.6 is 11.8 Å². The Bertz CT molecular complexity index is 923. The molecule has 0 saturated heterocycles. The molecule has 0 aliphatic heterocycles. The van der Waals surface area contributed by atoms with E-state index in [2.05, 4.69) is 27.4 Å². The molecular weight excluding hydrogens is 358 g/mol. The van der Waals surface area contributed by atoms with Gasteiger partial charge in [0, 0.05) is 18.4 Å². The van der Waals surface area contributed by atoms with Crippen LogP contribution in [0, 0.1) is 13.8 Å². The third kappa shape index (κ3) is 4.54. The first kappa shape index (κ1) is 19.1. The van der Waals surface area contributed by atoms with E-state index < -0.39 is 0 Å². The molecule has 0 atom stereocenters. The number of carbonyl (C=O) groups excluding carboxylic acids is 1. The highest BCUT2D eigenvalue weighted by Gasteiger charge is 2.16. The minimum atomic E-state index is -0.0564. The normalized spacial score (nSPS) is 10.8. The second-order valence-electron chi connectivity index (χ2n) is 6.26. The van der Waals surface area contributed by atoms with E-state index in [1.807, 2.05) is 54.8 Å². The second kappa shape index (κ2) is 8.81. The van der Waals surface area contributed by atoms with Crippen LogP contribution < -0.4 is 5.32 Å². The molecule has 1 aromatic carbocycles. The Kier molecular flexibility index (Phi) is 6.24. The van der Waals surface area contributed by atoms with Crippen molar-refractivity contribution in [3.05, 3.63) is 53.7 Å². The van der Waals surface area contributed by atoms with Crippen molar-refractivity contribution in [1.29, 1.82) is 0 Å². The van der Waals surface area contributed by atoms with Gasteiger partial charge in [-0.2, -0.15) is 0 Å². The fourth-order valence-electron chi connectivity index (χ4n) is 2.71. The van der Waals surface area contributed by atoms with Crippen LogP contribution in [0.3, 0.4) is 0 Å². The average Bonchev–Trinajstić information content (AvgIpc) is 3.07. The number of nitrogens with one attached hydrogen (secondary N) is 1. The number of carbonyl (C=O) groups is 1. The lowest BCUT2D eigenvalue weighted by Gasteiger charge is -2.11. The molecule has 0 aliphatic carbocycles. The Labute approximate surface area is 163 Å². The molecule has 1 amide bonds. The molecule has 0 radical (unpaired) electrons. The van der Waals surface area contributed by atoms with Crippen LogP contribution in [0.2, 0.25) is 0 Å². The number of hydrogen-bond acceptors (Lipinski definition) is 5. The van der Waals surface area contributed by atoms with Gasteiger partial charge in [0.15, 0.2) is 11.0 Å². The van der Waals surface area contributed by atoms with Crippen LogP contribution in [0.25, 0.3) is 11.5 Å². The maximum atomic E-state index is 12.4. The van der Waals surface area contributed by atoms with Crippen molar-refractivity contribution in [2.45, 2.75) is 38.9 Å². The van der Waals surface area contributed by atoms with Gasteiger partial charge in [0.2, 0.25) is 5.91 Å². The van der Waals surface area contributed by atoms with Gasteiger partial charge >= 0.3 is 0 Å². The first-order valence-electron chi connectivity index (χ1n) is 8.93. The summed E-state index contributed by atoms with van der Waals surface area (Å²) in [6.07, 6.45) is 2.69. The molecule has 2 aromatic heterocycles. The van der Waals surface area contributed by atoms with Crippen molar-refractivity contribution in [3.8, 4) is 11.5 Å². The third-order valence-corrected chi connectivity index (χ3v) is 5.24. The summed E-state index contributed by atoms with van der Waals surface area (Å²) in [4.78, 5) is 16.8. The fraction of sp³-hybridized carbons (Fsp3) is 0.300. The summed E-state index contributed by atoms with van der Waals surface area (Å²) >= 11 is 1.39. The Morgan fingerprint density at radius 1 is 1.15 bits per heavy atom. The molecule has 3 rings (SSSR count). The summed E-state index contributed by atoms with van der Waals surface area (Å²) in [7, 11) is 0. The van der Waals surface area contributed by atoms with E-state index in [-0.39, 0.29) is 11.7 Å². The molecule has 2 heterocycles. The zero-order valence-electron chi connectivity index (χ0n) is 15.8. The molecule has 6 nitrogen and oxygen atoms in total. The zero-order valence-corrected chi connectivity index (χ0v) is 16.6. The Hall–Kier alpha value is -2.67. The molecule has 3 aromatic rings. The number of pyridine rings is 1. The number of thioether (sulfide) groups is 1. The lowest BCUT2D eigenvalue weighted by molar-refractivity contribution is -0.113. The van der Waals surface area contributed by atoms with Crippen molar-refractivity contribution in [2.75, 3.05) is 11.1 Å². The van der Waals surface area contributed by atoms with E-state index in [0.29, 0.717) is 0 Å². The number of benzene rings is 1. The van der Waals surface area contributed by atoms with Gasteiger partial charge in [0.25, 0.3) is 0 Å². The zero-order chi connectivity index (χ0) is 19.2. The molecule has 0 saturated carbocycles. The first-order valence-corrected chi connectivity index (χ1v) is 9.92. The quantitative estimate of drug-likeness (QED) is 0.624. The molecule has 1 N–H and O–H groups in total. The van der Waals surface area contributed by atoms with E-state index in [1.54, 1.807) is 6.20 Å². The molecule has 140 valence electrons. The number of amides is 1. The highest BCUT2D eigenvalue weighted by molar-refractivity contribution is 7.99. The maximum absolute atomic E-state index is 12.4. The summed E-state index contributed by atoms with van der Waals surface area (Å²) in [5.74, 6) is 0.950. The van der Waals surface area contributed by atoms with Crippen molar-refractivity contribution >= 4 is 23.4 Å². The lowest BCUT2D eigenvalue weighted by atomic mass is 10.1. The summed E-state index contributed by atoms with van der Waals surface area (Å²) < 4.78 is 2.03. The molecule has 0 bridgehead atoms. The molecule has 7 heteroatoms. The van der Waals surface area contributed by atoms with E-state index in [4.69, 9.17) is 0 Å². The van der Waals surface area contributed by atoms with E-state index >= 15 is 0 Å². The number of anilines is 1. The van der Waals surface area contributed by atoms with Gasteiger partial charge in [-0.3, -0.25) is 9.78 Å². The minimum Gasteiger partial charge on any atom is -0.325 e. The molecule has 0 spiro atoms. The summed E-state index contributed by atoms with van der Waals surface area (Å²) in [6.45, 7) is 6.92. The lowest BCUT2D eigenvalue weighted by Crippen LogP contribution is -2.15. The van der Waals surface area contributed by atoms with Gasteiger partial charge in [0.1, 0.15) is 5.69 Å². The number of rotatable bonds is 7. The van der Waals surface area contributed by atoms with Gasteiger partial charge in [-0.15, -0.1) is 10.2 Å². The monoisotopic (exact) mass is 381 g/mol. The van der Waals surface area contributed by atoms with Gasteiger partial charge < -0.3 is 9.88 Å². The number of nitrogens with zero attached hydrogens (tertiary/aromatic N) is 4. The van der Waals surface area contributed by atoms with Crippen molar-refractivity contribution in [3.63, 3.8) is 0 Å². The van der Waals surface area contributed by atoms with Gasteiger partial charge in [-0.25, -0.2) is 0 Å². The fourth-order valence-corrected chi connectivity index (χ4v) is 3.47. The first-order chi connectivity index (χ1) is 13.1. The van der Waals surface area contributed by atoms with Crippen molar-refractivity contribution in [2.24, 2.45) is 0 Å². The largest absolute Gasteiger partial charge is 0.325 e. The number of aryl methyl sites for hydroxylation is 1. The van der Waals surface area contributed by atoms with Crippen LogP contribution in [0.15, 0.2) is 47.8 Å². The molecular formula is C20H23N5OS. The van der Waals surface area contributed by atoms with E-state index in [0.717, 1.165) is 46.5 Å². The standard InChI is InChI=1S/C20H23N5OS/c1-4-12-25-19(17-9-5-6-11-21-17)23-24-20(25)27-13-18(26)22-16-10-7-8-14(2)15(16)3/h5-11H,4,12-13H2,1-3H3,(H,22,26). The molecule has 0 fully saturated rings. The minimum absolute atomic E-state index is 0.0564. The third-order valence-electron chi connectivity index (χ3n) is 4.27. The van der Waals surface area contributed by atoms with Crippen LogP contribution in [-0.4, -0.2) is 31.4 Å². The Morgan fingerprint density at radius 2 is 2.00 bits per heavy atom. The van der Waals surface area contributed by atoms with Crippen LogP contribution in [0.4, 0.5) is 5.69 Å². The highest BCUT2D eigenvalue weighted by atomic mass is 32.2. The van der Waals surface area contributed by atoms with Gasteiger partial charge in [0.05, 0.1) is 5.75 Å². The Morgan fingerprint density at radius 3 is 2.74 bits per heavy atom.